The van der Waals surface area contributed by atoms with Crippen molar-refractivity contribution < 1.29 is 0 Å². The van der Waals surface area contributed by atoms with E-state index in [2.05, 4.69) is 241 Å². The van der Waals surface area contributed by atoms with Crippen molar-refractivity contribution in [3.05, 3.63) is 224 Å². The number of rotatable bonds is 10. The first kappa shape index (κ1) is 44.0. The zero-order valence-electron chi connectivity index (χ0n) is 39.6. The molecule has 0 unspecified atom stereocenters. The normalized spacial score (nSPS) is 11.7. The zero-order valence-corrected chi connectivity index (χ0v) is 41.3. The molecular weight excluding hydrogens is 821 g/mol. The van der Waals surface area contributed by atoms with Crippen LogP contribution in [0.1, 0.15) is 66.8 Å². The standard InChI is InChI=1S/C60H62B2Se/c1-39-31-43(5)57(44(6)32-39)61(58-45(7)33-40(2)34-46(58)8)51-23-27-55(28-24-51)63(53-19-15-13-16-20-53,54-21-17-14-18-22-54)56-29-25-52(26-30-56)62(59-47(9)35-41(3)36-48(59)10)60-49(11)37-42(4)38-50(60)12/h13-38H,1-12H3. The predicted molar refractivity (Wildman–Crippen MR) is 282 cm³/mol. The molecule has 8 aromatic carbocycles. The molecule has 0 saturated carbocycles. The van der Waals surface area contributed by atoms with Crippen LogP contribution in [0.2, 0.25) is 0 Å². The van der Waals surface area contributed by atoms with Gasteiger partial charge in [-0.25, -0.2) is 0 Å². The van der Waals surface area contributed by atoms with Crippen molar-refractivity contribution >= 4 is 76.9 Å². The van der Waals surface area contributed by atoms with Crippen molar-refractivity contribution in [2.75, 3.05) is 0 Å². The van der Waals surface area contributed by atoms with Crippen LogP contribution in [0.5, 0.6) is 0 Å². The Morgan fingerprint density at radius 2 is 0.460 bits per heavy atom. The van der Waals surface area contributed by atoms with E-state index in [9.17, 15) is 0 Å². The molecule has 314 valence electrons. The van der Waals surface area contributed by atoms with E-state index in [0.717, 1.165) is 0 Å². The molecule has 0 spiro atoms. The van der Waals surface area contributed by atoms with Gasteiger partial charge in [0.15, 0.2) is 0 Å². The molecule has 8 rings (SSSR count). The van der Waals surface area contributed by atoms with Crippen molar-refractivity contribution in [2.24, 2.45) is 0 Å². The third-order valence-electron chi connectivity index (χ3n) is 13.4. The van der Waals surface area contributed by atoms with Crippen LogP contribution in [0.3, 0.4) is 0 Å². The first-order chi connectivity index (χ1) is 30.2. The summed E-state index contributed by atoms with van der Waals surface area (Å²) in [6.07, 6.45) is 0. The van der Waals surface area contributed by atoms with Gasteiger partial charge in [-0.05, 0) is 0 Å². The molecule has 8 aromatic rings. The first-order valence-corrected chi connectivity index (χ1v) is 26.1. The van der Waals surface area contributed by atoms with Crippen LogP contribution in [-0.4, -0.2) is 26.3 Å². The van der Waals surface area contributed by atoms with E-state index >= 15 is 0 Å². The summed E-state index contributed by atoms with van der Waals surface area (Å²) in [5.74, 6) is 0. The van der Waals surface area contributed by atoms with Gasteiger partial charge in [0.05, 0.1) is 0 Å². The Bertz CT molecular complexity index is 2530. The molecule has 0 heterocycles. The molecule has 0 aromatic heterocycles. The fourth-order valence-corrected chi connectivity index (χ4v) is 19.4. The quantitative estimate of drug-likeness (QED) is 0.123. The van der Waals surface area contributed by atoms with E-state index in [-0.39, 0.29) is 13.4 Å². The average Bonchev–Trinajstić information content (AvgIpc) is 3.23. The van der Waals surface area contributed by atoms with Gasteiger partial charge in [-0.2, -0.15) is 0 Å². The molecule has 0 aliphatic carbocycles. The van der Waals surface area contributed by atoms with E-state index in [1.807, 2.05) is 0 Å². The molecule has 63 heavy (non-hydrogen) atoms. The molecular formula is C60H62B2Se. The third kappa shape index (κ3) is 8.23. The van der Waals surface area contributed by atoms with Crippen molar-refractivity contribution in [1.29, 1.82) is 0 Å². The van der Waals surface area contributed by atoms with Gasteiger partial charge >= 0.3 is 384 Å². The van der Waals surface area contributed by atoms with Crippen LogP contribution >= 0.6 is 0 Å². The number of aryl methyl sites for hydroxylation is 12. The second-order valence-corrected chi connectivity index (χ2v) is 25.0. The van der Waals surface area contributed by atoms with Gasteiger partial charge in [-0.15, -0.1) is 0 Å². The summed E-state index contributed by atoms with van der Waals surface area (Å²) in [4.78, 5) is 0. The Kier molecular flexibility index (Phi) is 12.5. The number of benzene rings is 8. The summed E-state index contributed by atoms with van der Waals surface area (Å²) in [6.45, 7) is 27.5. The summed E-state index contributed by atoms with van der Waals surface area (Å²) >= 11 is -3.13. The Labute approximate surface area is 382 Å². The molecule has 0 radical (unpaired) electrons. The fourth-order valence-electron chi connectivity index (χ4n) is 11.3. The Morgan fingerprint density at radius 1 is 0.254 bits per heavy atom. The van der Waals surface area contributed by atoms with Gasteiger partial charge in [0.1, 0.15) is 0 Å². The minimum absolute atomic E-state index is 0.116. The maximum atomic E-state index is 2.49. The maximum absolute atomic E-state index is 3.13. The van der Waals surface area contributed by atoms with Crippen LogP contribution in [0.15, 0.2) is 158 Å². The van der Waals surface area contributed by atoms with Gasteiger partial charge in [0.2, 0.25) is 0 Å². The average molecular weight is 884 g/mol. The molecule has 0 amide bonds. The van der Waals surface area contributed by atoms with Crippen LogP contribution < -0.4 is 50.6 Å². The van der Waals surface area contributed by atoms with Gasteiger partial charge in [0.25, 0.3) is 0 Å². The molecule has 0 N–H and O–H groups in total. The van der Waals surface area contributed by atoms with Crippen LogP contribution in [0, 0.1) is 83.1 Å². The minimum atomic E-state index is -3.13. The second-order valence-electron chi connectivity index (χ2n) is 18.5. The molecule has 0 aliphatic heterocycles. The van der Waals surface area contributed by atoms with Crippen molar-refractivity contribution in [3.63, 3.8) is 0 Å². The van der Waals surface area contributed by atoms with Crippen LogP contribution in [-0.2, 0) is 0 Å². The third-order valence-corrected chi connectivity index (χ3v) is 21.7. The van der Waals surface area contributed by atoms with Crippen molar-refractivity contribution in [3.8, 4) is 0 Å². The SMILES string of the molecule is Cc1cc(C)c(B(c2ccc([Se](c3ccccc3)(c3ccccc3)c3ccc(B(c4c(C)cc(C)cc4C)c4c(C)cc(C)cc4C)cc3)cc2)c2c(C)cc(C)cc2C)c(C)c1. The van der Waals surface area contributed by atoms with Crippen LogP contribution in [0.4, 0.5) is 0 Å². The molecule has 0 nitrogen and oxygen atoms in total. The fraction of sp³-hybridized carbons (Fsp3) is 0.200. The number of hydrogen-bond donors (Lipinski definition) is 0. The molecule has 0 aliphatic rings. The second kappa shape index (κ2) is 17.9. The first-order valence-electron chi connectivity index (χ1n) is 22.6. The molecule has 0 fully saturated rings. The van der Waals surface area contributed by atoms with Gasteiger partial charge in [-0.1, -0.05) is 0 Å². The van der Waals surface area contributed by atoms with Gasteiger partial charge in [0, 0.05) is 0 Å². The summed E-state index contributed by atoms with van der Waals surface area (Å²) < 4.78 is 5.61. The molecule has 3 heteroatoms. The van der Waals surface area contributed by atoms with E-state index in [1.165, 1.54) is 117 Å². The van der Waals surface area contributed by atoms with E-state index in [1.54, 1.807) is 0 Å². The molecule has 0 saturated heterocycles. The Balaban J connectivity index is 1.36. The summed E-state index contributed by atoms with van der Waals surface area (Å²) in [5.41, 5.74) is 24.4. The van der Waals surface area contributed by atoms with Gasteiger partial charge < -0.3 is 0 Å². The van der Waals surface area contributed by atoms with Crippen molar-refractivity contribution in [1.82, 2.24) is 0 Å². The monoisotopic (exact) mass is 884 g/mol. The zero-order chi connectivity index (χ0) is 44.7. The summed E-state index contributed by atoms with van der Waals surface area (Å²) in [6, 6.07) is 61.5. The van der Waals surface area contributed by atoms with Crippen LogP contribution in [0.25, 0.3) is 0 Å². The number of hydrogen-bond acceptors (Lipinski definition) is 0. The Hall–Kier alpha value is -5.59. The predicted octanol–water partition coefficient (Wildman–Crippen LogP) is 7.80. The molecule has 0 atom stereocenters. The summed E-state index contributed by atoms with van der Waals surface area (Å²) in [5, 5.41) is 0. The summed E-state index contributed by atoms with van der Waals surface area (Å²) in [7, 11) is 0. The van der Waals surface area contributed by atoms with E-state index in [0.29, 0.717) is 0 Å². The topological polar surface area (TPSA) is 0 Å². The van der Waals surface area contributed by atoms with E-state index in [4.69, 9.17) is 0 Å². The van der Waals surface area contributed by atoms with Crippen molar-refractivity contribution in [2.45, 2.75) is 83.1 Å². The van der Waals surface area contributed by atoms with Gasteiger partial charge in [-0.3, -0.25) is 0 Å². The van der Waals surface area contributed by atoms with E-state index < -0.39 is 12.8 Å². The Morgan fingerprint density at radius 3 is 0.683 bits per heavy atom. The molecule has 0 bridgehead atoms.